The smallest absolute Gasteiger partial charge is 0.229 e. The minimum Gasteiger partial charge on any atom is -1.00 e. The maximum atomic E-state index is 12.4. The summed E-state index contributed by atoms with van der Waals surface area (Å²) < 4.78 is 3.89. The molecule has 0 aliphatic carbocycles. The topological polar surface area (TPSA) is 25.9 Å². The Balaban J connectivity index is 0.00000147. The van der Waals surface area contributed by atoms with Gasteiger partial charge in [0.25, 0.3) is 0 Å². The molecule has 3 rings (SSSR count). The molecule has 0 amide bonds. The number of hydrogen-bond donors (Lipinski definition) is 0. The summed E-state index contributed by atoms with van der Waals surface area (Å²) in [5.74, 6) is 0.132. The number of para-hydroxylation sites is 1. The largest absolute Gasteiger partial charge is 1.00 e. The van der Waals surface area contributed by atoms with E-state index in [4.69, 9.17) is 0 Å². The van der Waals surface area contributed by atoms with Gasteiger partial charge in [0, 0.05) is 41.8 Å². The van der Waals surface area contributed by atoms with E-state index in [1.54, 1.807) is 0 Å². The number of nitrogens with zero attached hydrogens (tertiary/aromatic N) is 2. The number of aromatic nitrogens is 2. The number of aryl methyl sites for hydroxylation is 1. The Bertz CT molecular complexity index is 735. The van der Waals surface area contributed by atoms with Crippen molar-refractivity contribution in [3.05, 3.63) is 66.6 Å². The number of fused-ring (bicyclic) bond motifs is 1. The molecule has 0 N–H and O–H groups in total. The predicted molar refractivity (Wildman–Crippen MR) is 73.9 cm³/mol. The number of Topliss-reactive ketones (excluding diaryl/α,β-unsaturated/α-hetero) is 1. The highest BCUT2D eigenvalue weighted by molar-refractivity contribution is 6.07. The van der Waals surface area contributed by atoms with Crippen LogP contribution in [0.15, 0.2) is 61.1 Å². The molecule has 0 spiro atoms. The van der Waals surface area contributed by atoms with Crippen LogP contribution < -0.4 is 28.5 Å². The average Bonchev–Trinajstić information content (AvgIpc) is 2.78. The van der Waals surface area contributed by atoms with Gasteiger partial charge in [0.2, 0.25) is 12.3 Å². The molecular weight excluding hydrogens is 363 g/mol. The second-order valence-electron chi connectivity index (χ2n) is 4.64. The third kappa shape index (κ3) is 2.75. The number of carbonyl (C=O) groups excluding carboxylic acids is 1. The number of pyridine rings is 1. The Hall–Kier alpha value is -1.69. The fourth-order valence-corrected chi connectivity index (χ4v) is 2.35. The van der Waals surface area contributed by atoms with Gasteiger partial charge in [0.1, 0.15) is 0 Å². The minimum atomic E-state index is 0. The van der Waals surface area contributed by atoms with Crippen LogP contribution in [-0.2, 0) is 13.6 Å². The van der Waals surface area contributed by atoms with Gasteiger partial charge in [-0.05, 0) is 6.07 Å². The summed E-state index contributed by atoms with van der Waals surface area (Å²) in [5, 5.41) is 1.02. The lowest BCUT2D eigenvalue weighted by atomic mass is 10.1. The third-order valence-corrected chi connectivity index (χ3v) is 3.30. The van der Waals surface area contributed by atoms with Crippen molar-refractivity contribution in [1.82, 2.24) is 4.57 Å². The van der Waals surface area contributed by atoms with E-state index in [9.17, 15) is 4.79 Å². The van der Waals surface area contributed by atoms with Gasteiger partial charge in [0.15, 0.2) is 12.4 Å². The van der Waals surface area contributed by atoms with Crippen LogP contribution in [0.4, 0.5) is 0 Å². The predicted octanol–water partition coefficient (Wildman–Crippen LogP) is -0.647. The quantitative estimate of drug-likeness (QED) is 0.338. The molecular formula is C16H15IN2O. The summed E-state index contributed by atoms with van der Waals surface area (Å²) in [5.41, 5.74) is 1.87. The van der Waals surface area contributed by atoms with Gasteiger partial charge in [0.05, 0.1) is 0 Å². The van der Waals surface area contributed by atoms with Crippen molar-refractivity contribution in [3.8, 4) is 0 Å². The Kier molecular flexibility index (Phi) is 4.54. The molecule has 0 saturated carbocycles. The van der Waals surface area contributed by atoms with Crippen LogP contribution in [0.2, 0.25) is 0 Å². The Labute approximate surface area is 134 Å². The monoisotopic (exact) mass is 378 g/mol. The average molecular weight is 378 g/mol. The van der Waals surface area contributed by atoms with Crippen LogP contribution in [-0.4, -0.2) is 10.4 Å². The number of carbonyl (C=O) groups is 1. The van der Waals surface area contributed by atoms with Crippen molar-refractivity contribution in [2.24, 2.45) is 7.05 Å². The van der Waals surface area contributed by atoms with E-state index >= 15 is 0 Å². The van der Waals surface area contributed by atoms with E-state index in [1.807, 2.05) is 77.2 Å². The molecule has 3 aromatic rings. The molecule has 0 radical (unpaired) electrons. The molecule has 0 aliphatic heterocycles. The van der Waals surface area contributed by atoms with Gasteiger partial charge in [-0.2, -0.15) is 4.57 Å². The molecule has 0 saturated heterocycles. The number of ketones is 1. The van der Waals surface area contributed by atoms with Crippen LogP contribution in [0.5, 0.6) is 0 Å². The van der Waals surface area contributed by atoms with E-state index < -0.39 is 0 Å². The molecule has 4 heteroatoms. The van der Waals surface area contributed by atoms with E-state index in [0.29, 0.717) is 6.54 Å². The summed E-state index contributed by atoms with van der Waals surface area (Å²) in [7, 11) is 1.97. The van der Waals surface area contributed by atoms with Gasteiger partial charge in [-0.3, -0.25) is 4.79 Å². The molecule has 0 fully saturated rings. The van der Waals surface area contributed by atoms with E-state index in [-0.39, 0.29) is 29.8 Å². The van der Waals surface area contributed by atoms with E-state index in [2.05, 4.69) is 0 Å². The maximum Gasteiger partial charge on any atom is 0.229 e. The molecule has 3 nitrogen and oxygen atoms in total. The fraction of sp³-hybridized carbons (Fsp3) is 0.125. The lowest BCUT2D eigenvalue weighted by Crippen LogP contribution is -3.00. The highest BCUT2D eigenvalue weighted by Gasteiger charge is 2.16. The van der Waals surface area contributed by atoms with Crippen LogP contribution >= 0.6 is 0 Å². The van der Waals surface area contributed by atoms with Gasteiger partial charge >= 0.3 is 0 Å². The first-order valence-electron chi connectivity index (χ1n) is 6.27. The SMILES string of the molecule is Cn1cc(C(=O)C[n+]2ccccc2)c2ccccc21.[I-]. The number of benzene rings is 1. The zero-order valence-electron chi connectivity index (χ0n) is 11.2. The summed E-state index contributed by atoms with van der Waals surface area (Å²) >= 11 is 0. The van der Waals surface area contributed by atoms with Crippen molar-refractivity contribution in [2.75, 3.05) is 0 Å². The van der Waals surface area contributed by atoms with Crippen molar-refractivity contribution in [2.45, 2.75) is 6.54 Å². The summed E-state index contributed by atoms with van der Waals surface area (Å²) in [4.78, 5) is 12.4. The standard InChI is InChI=1S/C16H15N2O.HI/c1-17-11-14(13-7-3-4-8-15(13)17)16(19)12-18-9-5-2-6-10-18;/h2-11H,12H2,1H3;1H/q+1;/p-1. The molecule has 20 heavy (non-hydrogen) atoms. The number of hydrogen-bond acceptors (Lipinski definition) is 1. The van der Waals surface area contributed by atoms with Crippen LogP contribution in [0.1, 0.15) is 10.4 Å². The first-order chi connectivity index (χ1) is 9.25. The van der Waals surface area contributed by atoms with Crippen molar-refractivity contribution < 1.29 is 33.3 Å². The first-order valence-corrected chi connectivity index (χ1v) is 6.27. The lowest BCUT2D eigenvalue weighted by molar-refractivity contribution is -0.683. The zero-order chi connectivity index (χ0) is 13.2. The van der Waals surface area contributed by atoms with Crippen molar-refractivity contribution in [3.63, 3.8) is 0 Å². The fourth-order valence-electron chi connectivity index (χ4n) is 2.35. The van der Waals surface area contributed by atoms with Crippen molar-refractivity contribution in [1.29, 1.82) is 0 Å². The second-order valence-corrected chi connectivity index (χ2v) is 4.64. The molecule has 1 aromatic carbocycles. The highest BCUT2D eigenvalue weighted by Crippen LogP contribution is 2.20. The summed E-state index contributed by atoms with van der Waals surface area (Å²) in [6.45, 7) is 0.370. The van der Waals surface area contributed by atoms with E-state index in [1.165, 1.54) is 0 Å². The number of halogens is 1. The molecule has 0 aliphatic rings. The molecule has 102 valence electrons. The summed E-state index contributed by atoms with van der Waals surface area (Å²) in [6.07, 6.45) is 5.72. The van der Waals surface area contributed by atoms with Gasteiger partial charge < -0.3 is 28.5 Å². The van der Waals surface area contributed by atoms with Crippen LogP contribution in [0, 0.1) is 0 Å². The Morgan fingerprint density at radius 2 is 1.80 bits per heavy atom. The van der Waals surface area contributed by atoms with Crippen LogP contribution in [0.3, 0.4) is 0 Å². The highest BCUT2D eigenvalue weighted by atomic mass is 127. The first kappa shape index (κ1) is 14.7. The van der Waals surface area contributed by atoms with Gasteiger partial charge in [-0.25, -0.2) is 0 Å². The van der Waals surface area contributed by atoms with Gasteiger partial charge in [-0.1, -0.05) is 24.3 Å². The Morgan fingerprint density at radius 1 is 1.10 bits per heavy atom. The summed E-state index contributed by atoms with van der Waals surface area (Å²) in [6, 6.07) is 13.8. The van der Waals surface area contributed by atoms with Crippen molar-refractivity contribution >= 4 is 16.7 Å². The molecule has 2 aromatic heterocycles. The Morgan fingerprint density at radius 3 is 2.55 bits per heavy atom. The van der Waals surface area contributed by atoms with E-state index in [0.717, 1.165) is 16.5 Å². The zero-order valence-corrected chi connectivity index (χ0v) is 13.3. The second kappa shape index (κ2) is 6.17. The molecule has 0 unspecified atom stereocenters. The lowest BCUT2D eigenvalue weighted by Gasteiger charge is -1.96. The molecule has 2 heterocycles. The third-order valence-electron chi connectivity index (χ3n) is 3.30. The molecule has 0 atom stereocenters. The normalized spacial score (nSPS) is 10.2. The molecule has 0 bridgehead atoms. The van der Waals surface area contributed by atoms with Crippen LogP contribution in [0.25, 0.3) is 10.9 Å². The minimum absolute atomic E-state index is 0. The van der Waals surface area contributed by atoms with Gasteiger partial charge in [-0.15, -0.1) is 0 Å². The number of rotatable bonds is 3. The maximum absolute atomic E-state index is 12.4.